The topological polar surface area (TPSA) is 20.2 Å². The van der Waals surface area contributed by atoms with E-state index < -0.39 is 7.49 Å². The van der Waals surface area contributed by atoms with Crippen molar-refractivity contribution in [1.82, 2.24) is 0 Å². The van der Waals surface area contributed by atoms with Crippen molar-refractivity contribution < 1.29 is 4.89 Å². The molecule has 1 aliphatic rings. The second-order valence-corrected chi connectivity index (χ2v) is 7.43. The van der Waals surface area contributed by atoms with Crippen molar-refractivity contribution in [3.63, 3.8) is 0 Å². The number of hydrogen-bond donors (Lipinski definition) is 1. The van der Waals surface area contributed by atoms with Crippen LogP contribution < -0.4 is 0 Å². The van der Waals surface area contributed by atoms with Gasteiger partial charge in [-0.3, -0.25) is 0 Å². The Morgan fingerprint density at radius 2 is 1.89 bits per heavy atom. The second-order valence-electron chi connectivity index (χ2n) is 3.44. The Hall–Kier alpha value is 0.390. The number of rotatable bonds is 0. The maximum atomic E-state index is 9.60. The van der Waals surface area contributed by atoms with Crippen molar-refractivity contribution in [2.75, 3.05) is 19.0 Å². The molecule has 0 amide bonds. The van der Waals surface area contributed by atoms with Gasteiger partial charge >= 0.3 is 57.1 Å². The van der Waals surface area contributed by atoms with E-state index in [9.17, 15) is 4.89 Å². The molecule has 1 nitrogen and oxygen atoms in total. The monoisotopic (exact) mass is 147 g/mol. The van der Waals surface area contributed by atoms with Crippen LogP contribution in [0.5, 0.6) is 0 Å². The molecule has 1 saturated heterocycles. The summed E-state index contributed by atoms with van der Waals surface area (Å²) in [6.45, 7) is 6.03. The molecule has 0 spiro atoms. The van der Waals surface area contributed by atoms with Crippen LogP contribution in [-0.2, 0) is 0 Å². The third-order valence-electron chi connectivity index (χ3n) is 2.18. The minimum absolute atomic E-state index is 0.623. The molecule has 0 bridgehead atoms. The van der Waals surface area contributed by atoms with Crippen molar-refractivity contribution >= 4 is 7.49 Å². The van der Waals surface area contributed by atoms with Gasteiger partial charge in [0, 0.05) is 0 Å². The van der Waals surface area contributed by atoms with Gasteiger partial charge in [0.15, 0.2) is 0 Å². The van der Waals surface area contributed by atoms with E-state index in [1.807, 2.05) is 0 Å². The molecule has 0 aromatic rings. The summed E-state index contributed by atoms with van der Waals surface area (Å²) < 4.78 is 0. The van der Waals surface area contributed by atoms with Crippen LogP contribution in [0.4, 0.5) is 0 Å². The predicted octanol–water partition coefficient (Wildman–Crippen LogP) is 1.52. The molecule has 1 heterocycles. The normalized spacial score (nSPS) is 37.9. The molecule has 0 aliphatic carbocycles. The molecule has 9 heavy (non-hydrogen) atoms. The summed E-state index contributed by atoms with van der Waals surface area (Å²) in [6, 6.07) is 0. The third-order valence-corrected chi connectivity index (χ3v) is 4.91. The van der Waals surface area contributed by atoms with E-state index in [-0.39, 0.29) is 0 Å². The zero-order valence-electron chi connectivity index (χ0n) is 6.06. The summed E-state index contributed by atoms with van der Waals surface area (Å²) in [6.07, 6.45) is 4.45. The van der Waals surface area contributed by atoms with E-state index in [0.717, 1.165) is 25.2 Å². The second kappa shape index (κ2) is 2.56. The summed E-state index contributed by atoms with van der Waals surface area (Å²) in [5.74, 6) is 0.623. The zero-order chi connectivity index (χ0) is 6.91. The van der Waals surface area contributed by atoms with Gasteiger partial charge in [-0.2, -0.15) is 0 Å². The van der Waals surface area contributed by atoms with E-state index in [1.54, 1.807) is 0 Å². The van der Waals surface area contributed by atoms with E-state index in [0.29, 0.717) is 5.92 Å². The van der Waals surface area contributed by atoms with Gasteiger partial charge in [-0.05, 0) is 0 Å². The molecule has 0 atom stereocenters. The summed E-state index contributed by atoms with van der Waals surface area (Å²) in [7, 11) is -1.67. The van der Waals surface area contributed by atoms with E-state index in [2.05, 4.69) is 13.6 Å². The molecule has 0 unspecified atom stereocenters. The Balaban J connectivity index is 2.35. The van der Waals surface area contributed by atoms with Crippen molar-refractivity contribution in [3.8, 4) is 0 Å². The van der Waals surface area contributed by atoms with Crippen molar-refractivity contribution in [2.45, 2.75) is 12.8 Å². The SMILES string of the molecule is [CH2]C1CC[PH](C)(O)CC1. The zero-order valence-corrected chi connectivity index (χ0v) is 7.06. The molecule has 1 aliphatic heterocycles. The van der Waals surface area contributed by atoms with Crippen molar-refractivity contribution in [1.29, 1.82) is 0 Å². The molecular formula is C7H16OP. The Kier molecular flexibility index (Phi) is 2.13. The van der Waals surface area contributed by atoms with Crippen molar-refractivity contribution in [2.24, 2.45) is 5.92 Å². The van der Waals surface area contributed by atoms with Crippen LogP contribution in [0, 0.1) is 12.8 Å². The maximum absolute atomic E-state index is 9.60. The van der Waals surface area contributed by atoms with Crippen LogP contribution >= 0.6 is 7.49 Å². The van der Waals surface area contributed by atoms with Crippen LogP contribution in [0.1, 0.15) is 12.8 Å². The third kappa shape index (κ3) is 2.23. The van der Waals surface area contributed by atoms with E-state index in [4.69, 9.17) is 0 Å². The summed E-state index contributed by atoms with van der Waals surface area (Å²) in [4.78, 5) is 9.60. The summed E-state index contributed by atoms with van der Waals surface area (Å²) in [5, 5.41) is 0. The fourth-order valence-corrected chi connectivity index (χ4v) is 3.61. The fourth-order valence-electron chi connectivity index (χ4n) is 1.30. The van der Waals surface area contributed by atoms with Gasteiger partial charge in [0.05, 0.1) is 0 Å². The standard InChI is InChI=1S/C7H16OP/c1-7-3-5-9(2,8)6-4-7/h7-9H,1,3-6H2,2H3. The Labute approximate surface area is 57.9 Å². The Bertz CT molecular complexity index is 91.1. The van der Waals surface area contributed by atoms with Gasteiger partial charge in [0.1, 0.15) is 0 Å². The van der Waals surface area contributed by atoms with E-state index in [1.165, 1.54) is 0 Å². The number of hydrogen-bond acceptors (Lipinski definition) is 1. The van der Waals surface area contributed by atoms with Crippen LogP contribution in [0.2, 0.25) is 0 Å². The van der Waals surface area contributed by atoms with Crippen molar-refractivity contribution in [3.05, 3.63) is 6.92 Å². The summed E-state index contributed by atoms with van der Waals surface area (Å²) >= 11 is 0. The van der Waals surface area contributed by atoms with Crippen LogP contribution in [0.3, 0.4) is 0 Å². The quantitative estimate of drug-likeness (QED) is 0.515. The average Bonchev–Trinajstić information content (AvgIpc) is 1.78. The molecule has 0 aromatic carbocycles. The molecule has 1 rings (SSSR count). The minimum atomic E-state index is -1.67. The fraction of sp³-hybridized carbons (Fsp3) is 0.857. The summed E-state index contributed by atoms with van der Waals surface area (Å²) in [5.41, 5.74) is 0. The first-order chi connectivity index (χ1) is 4.10. The molecular weight excluding hydrogens is 131 g/mol. The van der Waals surface area contributed by atoms with Crippen LogP contribution in [0.15, 0.2) is 0 Å². The Morgan fingerprint density at radius 1 is 1.44 bits per heavy atom. The van der Waals surface area contributed by atoms with Gasteiger partial charge in [-0.25, -0.2) is 0 Å². The molecule has 2 heteroatoms. The van der Waals surface area contributed by atoms with Gasteiger partial charge in [0.2, 0.25) is 0 Å². The molecule has 1 fully saturated rings. The van der Waals surface area contributed by atoms with Gasteiger partial charge < -0.3 is 0 Å². The molecule has 1 N–H and O–H groups in total. The van der Waals surface area contributed by atoms with Crippen LogP contribution in [0.25, 0.3) is 0 Å². The van der Waals surface area contributed by atoms with Crippen LogP contribution in [-0.4, -0.2) is 23.9 Å². The first-order valence-electron chi connectivity index (χ1n) is 3.66. The first kappa shape index (κ1) is 7.50. The molecule has 1 radical (unpaired) electrons. The predicted molar refractivity (Wildman–Crippen MR) is 44.3 cm³/mol. The molecule has 0 saturated carbocycles. The molecule has 0 aromatic heterocycles. The van der Waals surface area contributed by atoms with Gasteiger partial charge in [-0.1, -0.05) is 0 Å². The Morgan fingerprint density at radius 3 is 2.22 bits per heavy atom. The first-order valence-corrected chi connectivity index (χ1v) is 6.52. The molecule has 55 valence electrons. The van der Waals surface area contributed by atoms with Gasteiger partial charge in [-0.15, -0.1) is 0 Å². The van der Waals surface area contributed by atoms with E-state index >= 15 is 0 Å². The average molecular weight is 147 g/mol. The van der Waals surface area contributed by atoms with Gasteiger partial charge in [0.25, 0.3) is 0 Å².